The predicted octanol–water partition coefficient (Wildman–Crippen LogP) is 3.68. The summed E-state index contributed by atoms with van der Waals surface area (Å²) in [4.78, 5) is 42.3. The van der Waals surface area contributed by atoms with Crippen molar-refractivity contribution in [2.75, 3.05) is 0 Å². The number of esters is 1. The van der Waals surface area contributed by atoms with Crippen LogP contribution in [0.15, 0.2) is 58.3 Å². The van der Waals surface area contributed by atoms with E-state index in [9.17, 15) is 14.4 Å². The normalized spacial score (nSPS) is 13.5. The van der Waals surface area contributed by atoms with Gasteiger partial charge in [0.15, 0.2) is 6.73 Å². The second-order valence-electron chi connectivity index (χ2n) is 7.68. The fraction of sp³-hybridized carbons (Fsp3) is 0.304. The van der Waals surface area contributed by atoms with Crippen molar-refractivity contribution in [3.05, 3.63) is 85.0 Å². The lowest BCUT2D eigenvalue weighted by atomic mass is 10.0. The molecule has 0 saturated heterocycles. The maximum atomic E-state index is 13.1. The Morgan fingerprint density at radius 1 is 1.09 bits per heavy atom. The molecule has 0 bridgehead atoms. The quantitative estimate of drug-likeness (QED) is 0.453. The van der Waals surface area contributed by atoms with E-state index in [1.165, 1.54) is 16.1 Å². The Hall–Kier alpha value is -2.72. The number of nitrogens with zero attached hydrogens (tertiary/aromatic N) is 3. The maximum Gasteiger partial charge on any atom is 0.342 e. The predicted molar refractivity (Wildman–Crippen MR) is 132 cm³/mol. The molecular formula is C23H24Cl2N4O4S. The van der Waals surface area contributed by atoms with Crippen LogP contribution in [-0.4, -0.2) is 26.4 Å². The Balaban J connectivity index is 1.95. The molecule has 1 aromatic heterocycles. The first kappa shape index (κ1) is 25.9. The number of hydrogen-bond acceptors (Lipinski definition) is 6. The van der Waals surface area contributed by atoms with E-state index in [2.05, 4.69) is 4.99 Å². The molecule has 2 N–H and O–H groups in total. The van der Waals surface area contributed by atoms with Gasteiger partial charge in [0.25, 0.3) is 5.91 Å². The van der Waals surface area contributed by atoms with Gasteiger partial charge in [0, 0.05) is 15.6 Å². The van der Waals surface area contributed by atoms with Crippen LogP contribution in [0.3, 0.4) is 0 Å². The fourth-order valence-corrected chi connectivity index (χ4v) is 4.10. The van der Waals surface area contributed by atoms with Crippen LogP contribution in [0.2, 0.25) is 10.0 Å². The Morgan fingerprint density at radius 3 is 2.26 bits per heavy atom. The molecule has 1 heterocycles. The van der Waals surface area contributed by atoms with Gasteiger partial charge in [-0.25, -0.2) is 13.3 Å². The summed E-state index contributed by atoms with van der Waals surface area (Å²) in [6.45, 7) is 3.57. The molecule has 0 aliphatic heterocycles. The van der Waals surface area contributed by atoms with E-state index in [0.717, 1.165) is 21.7 Å². The van der Waals surface area contributed by atoms with Crippen molar-refractivity contribution in [2.24, 2.45) is 16.6 Å². The van der Waals surface area contributed by atoms with Crippen LogP contribution in [0, 0.1) is 5.92 Å². The molecule has 2 unspecified atom stereocenters. The second kappa shape index (κ2) is 11.6. The van der Waals surface area contributed by atoms with Crippen LogP contribution in [0.5, 0.6) is 0 Å². The number of carbonyl (C=O) groups is 2. The first-order valence-electron chi connectivity index (χ1n) is 10.5. The molecule has 180 valence electrons. The minimum Gasteiger partial charge on any atom is -0.442 e. The summed E-state index contributed by atoms with van der Waals surface area (Å²) in [6.07, 6.45) is 0.700. The lowest BCUT2D eigenvalue weighted by Crippen LogP contribution is -2.40. The molecule has 0 aliphatic carbocycles. The third-order valence-corrected chi connectivity index (χ3v) is 6.74. The molecule has 3 aromatic rings. The molecule has 0 saturated carbocycles. The van der Waals surface area contributed by atoms with E-state index in [1.807, 2.05) is 13.8 Å². The van der Waals surface area contributed by atoms with Crippen LogP contribution >= 0.6 is 34.7 Å². The van der Waals surface area contributed by atoms with Gasteiger partial charge >= 0.3 is 11.7 Å². The van der Waals surface area contributed by atoms with Crippen molar-refractivity contribution in [3.8, 4) is 0 Å². The van der Waals surface area contributed by atoms with Gasteiger partial charge in [0.1, 0.15) is 6.04 Å². The molecule has 8 nitrogen and oxygen atoms in total. The number of ether oxygens (including phenoxy) is 1. The third kappa shape index (κ3) is 6.44. The number of nitrogens with two attached hydrogens (primary N) is 1. The maximum absolute atomic E-state index is 13.1. The molecule has 2 atom stereocenters. The summed E-state index contributed by atoms with van der Waals surface area (Å²) >= 11 is 12.8. The average Bonchev–Trinajstić information content (AvgIpc) is 3.11. The highest BCUT2D eigenvalue weighted by Gasteiger charge is 2.22. The van der Waals surface area contributed by atoms with Crippen LogP contribution < -0.4 is 16.2 Å². The number of benzene rings is 2. The summed E-state index contributed by atoms with van der Waals surface area (Å²) in [5.74, 6) is -1.28. The second-order valence-corrected chi connectivity index (χ2v) is 9.54. The van der Waals surface area contributed by atoms with Crippen LogP contribution in [-0.2, 0) is 22.8 Å². The first-order chi connectivity index (χ1) is 16.2. The van der Waals surface area contributed by atoms with Crippen molar-refractivity contribution in [1.29, 1.82) is 0 Å². The molecule has 0 radical (unpaired) electrons. The summed E-state index contributed by atoms with van der Waals surface area (Å²) in [5, 5.41) is 1.06. The van der Waals surface area contributed by atoms with Crippen LogP contribution in [0.4, 0.5) is 0 Å². The molecule has 0 aliphatic rings. The highest BCUT2D eigenvalue weighted by Crippen LogP contribution is 2.12. The minimum atomic E-state index is -0.823. The lowest BCUT2D eigenvalue weighted by Gasteiger charge is -2.16. The smallest absolute Gasteiger partial charge is 0.342 e. The van der Waals surface area contributed by atoms with Crippen molar-refractivity contribution >= 4 is 46.6 Å². The van der Waals surface area contributed by atoms with E-state index in [4.69, 9.17) is 33.7 Å². The van der Waals surface area contributed by atoms with Gasteiger partial charge in [-0.3, -0.25) is 9.59 Å². The highest BCUT2D eigenvalue weighted by molar-refractivity contribution is 7.03. The average molecular weight is 523 g/mol. The topological polar surface area (TPSA) is 109 Å². The standard InChI is InChI=1S/C23H24Cl2N4O4S/c1-3-14(2)19(26)21(31)33-13-28-22(27-20(30)16-6-10-18(25)11-7-16)34-29(23(28)32)12-15-4-8-17(24)9-5-15/h4-11,14,19H,3,12-13,26H2,1-2H3. The summed E-state index contributed by atoms with van der Waals surface area (Å²) in [7, 11) is 0. The van der Waals surface area contributed by atoms with E-state index >= 15 is 0 Å². The van der Waals surface area contributed by atoms with Crippen molar-refractivity contribution in [1.82, 2.24) is 8.52 Å². The number of aromatic nitrogens is 2. The van der Waals surface area contributed by atoms with E-state index < -0.39 is 30.3 Å². The van der Waals surface area contributed by atoms with E-state index in [0.29, 0.717) is 22.0 Å². The monoisotopic (exact) mass is 522 g/mol. The number of hydrogen-bond donors (Lipinski definition) is 1. The van der Waals surface area contributed by atoms with E-state index in [1.54, 1.807) is 36.4 Å². The fourth-order valence-electron chi connectivity index (χ4n) is 2.90. The van der Waals surface area contributed by atoms with E-state index in [-0.39, 0.29) is 17.3 Å². The van der Waals surface area contributed by atoms with Gasteiger partial charge in [-0.15, -0.1) is 0 Å². The molecular weight excluding hydrogens is 499 g/mol. The summed E-state index contributed by atoms with van der Waals surface area (Å²) in [5.41, 5.74) is 6.59. The molecule has 34 heavy (non-hydrogen) atoms. The van der Waals surface area contributed by atoms with Crippen LogP contribution in [0.1, 0.15) is 36.2 Å². The number of halogens is 2. The number of amides is 1. The Kier molecular flexibility index (Phi) is 8.84. The van der Waals surface area contributed by atoms with Gasteiger partial charge in [0.05, 0.1) is 6.54 Å². The SMILES string of the molecule is CCC(C)C(N)C(=O)OCn1c(=NC(=O)c2ccc(Cl)cc2)sn(Cc2ccc(Cl)cc2)c1=O. The zero-order chi connectivity index (χ0) is 24.8. The summed E-state index contributed by atoms with van der Waals surface area (Å²) in [6, 6.07) is 12.4. The number of rotatable bonds is 8. The molecule has 0 spiro atoms. The van der Waals surface area contributed by atoms with Crippen molar-refractivity contribution in [2.45, 2.75) is 39.6 Å². The lowest BCUT2D eigenvalue weighted by molar-refractivity contribution is -0.150. The Bertz CT molecular complexity index is 1280. The Morgan fingerprint density at radius 2 is 1.68 bits per heavy atom. The summed E-state index contributed by atoms with van der Waals surface area (Å²) < 4.78 is 7.85. The molecule has 11 heteroatoms. The molecule has 0 fully saturated rings. The highest BCUT2D eigenvalue weighted by atomic mass is 35.5. The Labute approximate surface area is 210 Å². The van der Waals surface area contributed by atoms with Crippen molar-refractivity contribution in [3.63, 3.8) is 0 Å². The molecule has 3 rings (SSSR count). The third-order valence-electron chi connectivity index (χ3n) is 5.26. The number of carbonyl (C=O) groups excluding carboxylic acids is 2. The largest absolute Gasteiger partial charge is 0.442 e. The minimum absolute atomic E-state index is 0.0859. The zero-order valence-electron chi connectivity index (χ0n) is 18.6. The molecule has 2 aromatic carbocycles. The van der Waals surface area contributed by atoms with Gasteiger partial charge in [-0.2, -0.15) is 4.99 Å². The zero-order valence-corrected chi connectivity index (χ0v) is 20.9. The van der Waals surface area contributed by atoms with Gasteiger partial charge in [-0.1, -0.05) is 55.6 Å². The van der Waals surface area contributed by atoms with Gasteiger partial charge in [-0.05, 0) is 59.4 Å². The van der Waals surface area contributed by atoms with Crippen LogP contribution in [0.25, 0.3) is 0 Å². The van der Waals surface area contributed by atoms with Gasteiger partial charge < -0.3 is 10.5 Å². The molecule has 1 amide bonds. The van der Waals surface area contributed by atoms with Crippen molar-refractivity contribution < 1.29 is 14.3 Å². The first-order valence-corrected chi connectivity index (χ1v) is 12.0. The van der Waals surface area contributed by atoms with Gasteiger partial charge in [0.2, 0.25) is 4.80 Å².